The number of benzene rings is 1. The van der Waals surface area contributed by atoms with Gasteiger partial charge in [-0.25, -0.2) is 4.98 Å². The molecule has 0 amide bonds. The van der Waals surface area contributed by atoms with Crippen LogP contribution < -0.4 is 5.73 Å². The Morgan fingerprint density at radius 3 is 2.79 bits per heavy atom. The Hall–Kier alpha value is -1.94. The van der Waals surface area contributed by atoms with Crippen molar-refractivity contribution in [1.82, 2.24) is 9.55 Å². The number of ketones is 1. The highest BCUT2D eigenvalue weighted by atomic mass is 16.1. The van der Waals surface area contributed by atoms with Gasteiger partial charge in [0.2, 0.25) is 0 Å². The first-order valence-corrected chi connectivity index (χ1v) is 6.53. The normalized spacial score (nSPS) is 12.3. The number of hydrogen-bond acceptors (Lipinski definition) is 3. The van der Waals surface area contributed by atoms with Crippen LogP contribution in [0.15, 0.2) is 42.7 Å². The van der Waals surface area contributed by atoms with Crippen molar-refractivity contribution in [1.29, 1.82) is 0 Å². The lowest BCUT2D eigenvalue weighted by Gasteiger charge is -2.11. The molecule has 1 aromatic carbocycles. The van der Waals surface area contributed by atoms with Crippen LogP contribution >= 0.6 is 0 Å². The summed E-state index contributed by atoms with van der Waals surface area (Å²) in [7, 11) is 0. The molecule has 19 heavy (non-hydrogen) atoms. The lowest BCUT2D eigenvalue weighted by Crippen LogP contribution is -2.18. The van der Waals surface area contributed by atoms with Crippen LogP contribution in [0.1, 0.15) is 30.8 Å². The second kappa shape index (κ2) is 6.29. The van der Waals surface area contributed by atoms with Crippen LogP contribution in [0.25, 0.3) is 0 Å². The molecule has 0 radical (unpaired) electrons. The Balaban J connectivity index is 1.95. The lowest BCUT2D eigenvalue weighted by atomic mass is 10.0. The summed E-state index contributed by atoms with van der Waals surface area (Å²) in [5.74, 6) is 0.935. The Kier molecular flexibility index (Phi) is 4.47. The van der Waals surface area contributed by atoms with E-state index < -0.39 is 0 Å². The van der Waals surface area contributed by atoms with Crippen molar-refractivity contribution in [2.24, 2.45) is 5.73 Å². The van der Waals surface area contributed by atoms with Crippen LogP contribution in [-0.4, -0.2) is 15.3 Å². The first-order chi connectivity index (χ1) is 9.20. The van der Waals surface area contributed by atoms with Crippen LogP contribution in [0.5, 0.6) is 0 Å². The molecule has 2 N–H and O–H groups in total. The van der Waals surface area contributed by atoms with Gasteiger partial charge in [-0.05, 0) is 12.5 Å². The van der Waals surface area contributed by atoms with E-state index in [2.05, 4.69) is 4.98 Å². The predicted molar refractivity (Wildman–Crippen MR) is 74.6 cm³/mol. The van der Waals surface area contributed by atoms with E-state index in [4.69, 9.17) is 5.73 Å². The van der Waals surface area contributed by atoms with Gasteiger partial charge in [-0.1, -0.05) is 30.3 Å². The second-order valence-corrected chi connectivity index (χ2v) is 4.57. The number of carbonyl (C=O) groups is 1. The molecule has 4 heteroatoms. The average molecular weight is 257 g/mol. The minimum atomic E-state index is -0.237. The maximum Gasteiger partial charge on any atom is 0.142 e. The molecule has 2 rings (SSSR count). The SMILES string of the molecule is CCn1ccnc1CC(=O)CC(N)c1ccccc1. The van der Waals surface area contributed by atoms with Gasteiger partial charge in [0.05, 0.1) is 6.42 Å². The Morgan fingerprint density at radius 1 is 1.37 bits per heavy atom. The highest BCUT2D eigenvalue weighted by molar-refractivity contribution is 5.80. The van der Waals surface area contributed by atoms with E-state index in [1.54, 1.807) is 6.20 Å². The zero-order valence-corrected chi connectivity index (χ0v) is 11.1. The number of nitrogens with two attached hydrogens (primary N) is 1. The van der Waals surface area contributed by atoms with Crippen molar-refractivity contribution in [3.8, 4) is 0 Å². The van der Waals surface area contributed by atoms with E-state index >= 15 is 0 Å². The first kappa shape index (κ1) is 13.5. The van der Waals surface area contributed by atoms with Crippen molar-refractivity contribution in [3.05, 3.63) is 54.1 Å². The highest BCUT2D eigenvalue weighted by Gasteiger charge is 2.14. The summed E-state index contributed by atoms with van der Waals surface area (Å²) in [5.41, 5.74) is 7.04. The minimum Gasteiger partial charge on any atom is -0.335 e. The molecule has 0 aliphatic carbocycles. The summed E-state index contributed by atoms with van der Waals surface area (Å²) in [5, 5.41) is 0. The number of Topliss-reactive ketones (excluding diaryl/α,β-unsaturated/α-hetero) is 1. The topological polar surface area (TPSA) is 60.9 Å². The molecule has 2 aromatic rings. The molecular weight excluding hydrogens is 238 g/mol. The van der Waals surface area contributed by atoms with E-state index in [1.807, 2.05) is 48.0 Å². The van der Waals surface area contributed by atoms with Crippen molar-refractivity contribution in [2.75, 3.05) is 0 Å². The lowest BCUT2D eigenvalue weighted by molar-refractivity contribution is -0.118. The van der Waals surface area contributed by atoms with E-state index in [0.717, 1.165) is 17.9 Å². The minimum absolute atomic E-state index is 0.122. The zero-order valence-electron chi connectivity index (χ0n) is 11.1. The molecule has 0 aliphatic rings. The number of imidazole rings is 1. The van der Waals surface area contributed by atoms with Crippen LogP contribution in [0.2, 0.25) is 0 Å². The van der Waals surface area contributed by atoms with Gasteiger partial charge < -0.3 is 10.3 Å². The van der Waals surface area contributed by atoms with Gasteiger partial charge in [0.15, 0.2) is 0 Å². The second-order valence-electron chi connectivity index (χ2n) is 4.57. The first-order valence-electron chi connectivity index (χ1n) is 6.53. The van der Waals surface area contributed by atoms with Gasteiger partial charge in [-0.2, -0.15) is 0 Å². The van der Waals surface area contributed by atoms with Crippen LogP contribution in [0.4, 0.5) is 0 Å². The summed E-state index contributed by atoms with van der Waals surface area (Å²) < 4.78 is 1.98. The molecule has 0 spiro atoms. The monoisotopic (exact) mass is 257 g/mol. The predicted octanol–water partition coefficient (Wildman–Crippen LogP) is 2.10. The Labute approximate surface area is 113 Å². The molecule has 0 saturated heterocycles. The van der Waals surface area contributed by atoms with Crippen molar-refractivity contribution in [3.63, 3.8) is 0 Å². The van der Waals surface area contributed by atoms with E-state index in [0.29, 0.717) is 12.8 Å². The van der Waals surface area contributed by atoms with Crippen LogP contribution in [0, 0.1) is 0 Å². The van der Waals surface area contributed by atoms with E-state index in [9.17, 15) is 4.79 Å². The van der Waals surface area contributed by atoms with Crippen molar-refractivity contribution >= 4 is 5.78 Å². The summed E-state index contributed by atoms with van der Waals surface area (Å²) in [4.78, 5) is 16.2. The van der Waals surface area contributed by atoms with Gasteiger partial charge in [0.25, 0.3) is 0 Å². The molecule has 1 unspecified atom stereocenters. The van der Waals surface area contributed by atoms with Crippen molar-refractivity contribution in [2.45, 2.75) is 32.4 Å². The molecule has 0 bridgehead atoms. The molecule has 0 aliphatic heterocycles. The van der Waals surface area contributed by atoms with E-state index in [1.165, 1.54) is 0 Å². The van der Waals surface area contributed by atoms with Gasteiger partial charge in [0.1, 0.15) is 11.6 Å². The number of hydrogen-bond donors (Lipinski definition) is 1. The third-order valence-electron chi connectivity index (χ3n) is 3.17. The highest BCUT2D eigenvalue weighted by Crippen LogP contribution is 2.14. The number of carbonyl (C=O) groups excluding carboxylic acids is 1. The molecule has 100 valence electrons. The van der Waals surface area contributed by atoms with Gasteiger partial charge >= 0.3 is 0 Å². The third-order valence-corrected chi connectivity index (χ3v) is 3.17. The number of aryl methyl sites for hydroxylation is 1. The molecule has 4 nitrogen and oxygen atoms in total. The Bertz CT molecular complexity index is 533. The maximum absolute atomic E-state index is 12.0. The van der Waals surface area contributed by atoms with Gasteiger partial charge in [-0.3, -0.25) is 4.79 Å². The van der Waals surface area contributed by atoms with Crippen molar-refractivity contribution < 1.29 is 4.79 Å². The standard InChI is InChI=1S/C15H19N3O/c1-2-18-9-8-17-15(18)11-13(19)10-14(16)12-6-4-3-5-7-12/h3-9,14H,2,10-11,16H2,1H3. The largest absolute Gasteiger partial charge is 0.335 e. The molecule has 1 aromatic heterocycles. The fourth-order valence-corrected chi connectivity index (χ4v) is 2.11. The van der Waals surface area contributed by atoms with Gasteiger partial charge in [0, 0.05) is 31.4 Å². The molecule has 1 heterocycles. The molecule has 0 saturated carbocycles. The maximum atomic E-state index is 12.0. The number of nitrogens with zero attached hydrogens (tertiary/aromatic N) is 2. The van der Waals surface area contributed by atoms with Crippen LogP contribution in [0.3, 0.4) is 0 Å². The fourth-order valence-electron chi connectivity index (χ4n) is 2.11. The molecular formula is C15H19N3O. The smallest absolute Gasteiger partial charge is 0.142 e. The summed E-state index contributed by atoms with van der Waals surface area (Å²) in [6, 6.07) is 9.47. The quantitative estimate of drug-likeness (QED) is 0.862. The Morgan fingerprint density at radius 2 is 2.11 bits per heavy atom. The van der Waals surface area contributed by atoms with Crippen LogP contribution in [-0.2, 0) is 17.8 Å². The number of aromatic nitrogens is 2. The molecule has 0 fully saturated rings. The van der Waals surface area contributed by atoms with Gasteiger partial charge in [-0.15, -0.1) is 0 Å². The zero-order chi connectivity index (χ0) is 13.7. The third kappa shape index (κ3) is 3.51. The average Bonchev–Trinajstić information content (AvgIpc) is 2.86. The summed E-state index contributed by atoms with van der Waals surface area (Å²) in [6.07, 6.45) is 4.31. The fraction of sp³-hybridized carbons (Fsp3) is 0.333. The summed E-state index contributed by atoms with van der Waals surface area (Å²) >= 11 is 0. The molecule has 1 atom stereocenters. The number of rotatable bonds is 6. The summed E-state index contributed by atoms with van der Waals surface area (Å²) in [6.45, 7) is 2.86. The van der Waals surface area contributed by atoms with E-state index in [-0.39, 0.29) is 11.8 Å².